The highest BCUT2D eigenvalue weighted by molar-refractivity contribution is 5.71. The third-order valence-corrected chi connectivity index (χ3v) is 0.172. The van der Waals surface area contributed by atoms with Crippen molar-refractivity contribution in [2.75, 3.05) is 0 Å². The molecule has 0 saturated heterocycles. The van der Waals surface area contributed by atoms with Crippen LogP contribution in [0.4, 0.5) is 17.9 Å². The second kappa shape index (κ2) is 3.58. The maximum absolute atomic E-state index is 10.4. The molecule has 0 rings (SSSR count). The van der Waals surface area contributed by atoms with Crippen LogP contribution in [-0.2, 0) is 4.79 Å². The molecule has 0 aliphatic carbocycles. The Balaban J connectivity index is 0. The van der Waals surface area contributed by atoms with Crippen molar-refractivity contribution in [3.05, 3.63) is 0 Å². The van der Waals surface area contributed by atoms with Gasteiger partial charge >= 0.3 is 12.5 Å². The molecule has 0 aromatic carbocycles. The van der Waals surface area contributed by atoms with Crippen LogP contribution in [0.1, 0.15) is 0 Å². The number of hydrogen-bond acceptors (Lipinski definition) is 1. The first-order valence-corrected chi connectivity index (χ1v) is 1.12. The van der Waals surface area contributed by atoms with Gasteiger partial charge in [-0.15, -0.1) is 0 Å². The Kier molecular flexibility index (Phi) is 4.92. The van der Waals surface area contributed by atoms with Crippen LogP contribution in [0.5, 0.6) is 0 Å². The number of halogens is 4. The Labute approximate surface area is 36.5 Å². The van der Waals surface area contributed by atoms with Crippen molar-refractivity contribution < 1.29 is 22.7 Å². The summed E-state index contributed by atoms with van der Waals surface area (Å²) < 4.78 is 31.3. The van der Waals surface area contributed by atoms with E-state index in [0.29, 0.717) is 0 Å². The predicted molar refractivity (Wildman–Crippen MR) is 14.6 cm³/mol. The zero-order valence-electron chi connectivity index (χ0n) is 3.03. The Morgan fingerprint density at radius 2 is 1.57 bits per heavy atom. The summed E-state index contributed by atoms with van der Waals surface area (Å²) in [5.74, 6) is 0. The topological polar surface area (TPSA) is 17.1 Å². The molecule has 0 aliphatic rings. The van der Waals surface area contributed by atoms with E-state index >= 15 is 0 Å². The molecule has 0 saturated carbocycles. The van der Waals surface area contributed by atoms with E-state index < -0.39 is 12.5 Å². The molecule has 0 radical (unpaired) electrons. The molecule has 44 valence electrons. The maximum atomic E-state index is 10.4. The third kappa shape index (κ3) is 5.39. The molecule has 0 fully saturated rings. The fraction of sp³-hybridized carbons (Fsp3) is 0.500. The number of rotatable bonds is 1. The molecule has 0 aliphatic heterocycles. The summed E-state index contributed by atoms with van der Waals surface area (Å²) in [6.07, 6.45) is -3.45. The summed E-state index contributed by atoms with van der Waals surface area (Å²) in [4.78, 5) is 8.73. The fourth-order valence-electron chi connectivity index (χ4n) is 0. The second-order valence-corrected chi connectivity index (χ2v) is 0.605. The highest BCUT2D eigenvalue weighted by Gasteiger charge is 2.11. The van der Waals surface area contributed by atoms with Gasteiger partial charge in [-0.25, -0.2) is 0 Å². The lowest BCUT2D eigenvalue weighted by atomic mass is 10.8. The van der Waals surface area contributed by atoms with Crippen molar-refractivity contribution in [3.8, 4) is 0 Å². The van der Waals surface area contributed by atoms with Crippen LogP contribution in [0.15, 0.2) is 0 Å². The average Bonchev–Trinajstić information content (AvgIpc) is 1.36. The summed E-state index contributed by atoms with van der Waals surface area (Å²) in [6.45, 7) is 0. The van der Waals surface area contributed by atoms with Crippen molar-refractivity contribution in [2.45, 2.75) is 6.43 Å². The largest absolute Gasteiger partial charge is 0.367 e. The number of carbonyl (C=O) groups excluding carboxylic acids is 1. The van der Waals surface area contributed by atoms with Crippen LogP contribution in [0.3, 0.4) is 0 Å². The summed E-state index contributed by atoms with van der Waals surface area (Å²) in [5, 5.41) is 0. The molecular weight excluding hydrogens is 116 g/mol. The van der Waals surface area contributed by atoms with E-state index in [-0.39, 0.29) is 4.70 Å². The summed E-state index contributed by atoms with van der Waals surface area (Å²) in [6, 6.07) is -2.57. The van der Waals surface area contributed by atoms with E-state index in [9.17, 15) is 13.2 Å². The van der Waals surface area contributed by atoms with E-state index in [0.717, 1.165) is 0 Å². The number of hydrogen-bond donors (Lipinski definition) is 0. The Morgan fingerprint density at radius 3 is 1.57 bits per heavy atom. The Hall–Kier alpha value is -0.610. The van der Waals surface area contributed by atoms with Gasteiger partial charge in [-0.1, -0.05) is 0 Å². The molecule has 0 unspecified atom stereocenters. The fourth-order valence-corrected chi connectivity index (χ4v) is 0. The highest BCUT2D eigenvalue weighted by Crippen LogP contribution is 1.92. The van der Waals surface area contributed by atoms with Gasteiger partial charge < -0.3 is 0 Å². The minimum absolute atomic E-state index is 0. The lowest BCUT2D eigenvalue weighted by Crippen LogP contribution is -2.00. The maximum Gasteiger partial charge on any atom is 0.367 e. The zero-order chi connectivity index (χ0) is 5.15. The van der Waals surface area contributed by atoms with Crippen molar-refractivity contribution in [2.24, 2.45) is 0 Å². The number of alkyl halides is 2. The summed E-state index contributed by atoms with van der Waals surface area (Å²) >= 11 is 0. The molecule has 0 spiro atoms. The van der Waals surface area contributed by atoms with Crippen molar-refractivity contribution in [1.29, 1.82) is 0 Å². The average molecular weight is 118 g/mol. The van der Waals surface area contributed by atoms with Gasteiger partial charge in [0.1, 0.15) is 0 Å². The smallest absolute Gasteiger partial charge is 0.269 e. The molecule has 1 nitrogen and oxygen atoms in total. The lowest BCUT2D eigenvalue weighted by molar-refractivity contribution is -0.140. The van der Waals surface area contributed by atoms with Crippen LogP contribution < -0.4 is 0 Å². The predicted octanol–water partition coefficient (Wildman–Crippen LogP) is 0.900. The first-order valence-electron chi connectivity index (χ1n) is 1.12. The van der Waals surface area contributed by atoms with E-state index in [1.54, 1.807) is 0 Å². The molecular formula is C2H2F4O. The molecule has 0 heterocycles. The minimum Gasteiger partial charge on any atom is -0.269 e. The van der Waals surface area contributed by atoms with Crippen LogP contribution in [0.2, 0.25) is 0 Å². The van der Waals surface area contributed by atoms with Gasteiger partial charge in [-0.3, -0.25) is 9.50 Å². The van der Waals surface area contributed by atoms with Crippen LogP contribution in [-0.4, -0.2) is 12.5 Å². The first kappa shape index (κ1) is 9.63. The quantitative estimate of drug-likeness (QED) is 0.369. The van der Waals surface area contributed by atoms with Gasteiger partial charge in [-0.2, -0.15) is 13.2 Å². The lowest BCUT2D eigenvalue weighted by Gasteiger charge is -1.78. The minimum atomic E-state index is -3.45. The van der Waals surface area contributed by atoms with Gasteiger partial charge in [0.2, 0.25) is 0 Å². The highest BCUT2D eigenvalue weighted by atomic mass is 19.3. The summed E-state index contributed by atoms with van der Waals surface area (Å²) in [7, 11) is 0. The van der Waals surface area contributed by atoms with Gasteiger partial charge in [0, 0.05) is 0 Å². The molecule has 0 aromatic rings. The molecule has 7 heavy (non-hydrogen) atoms. The molecule has 0 aromatic heterocycles. The van der Waals surface area contributed by atoms with Gasteiger partial charge in [0.05, 0.1) is 0 Å². The zero-order valence-corrected chi connectivity index (χ0v) is 3.03. The molecule has 0 amide bonds. The summed E-state index contributed by atoms with van der Waals surface area (Å²) in [5.41, 5.74) is 0. The van der Waals surface area contributed by atoms with E-state index in [2.05, 4.69) is 0 Å². The van der Waals surface area contributed by atoms with Crippen LogP contribution in [0.25, 0.3) is 0 Å². The molecule has 0 bridgehead atoms. The number of carbonyl (C=O) groups is 1. The van der Waals surface area contributed by atoms with Crippen molar-refractivity contribution in [1.82, 2.24) is 0 Å². The van der Waals surface area contributed by atoms with Crippen molar-refractivity contribution in [3.63, 3.8) is 0 Å². The molecule has 0 N–H and O–H groups in total. The van der Waals surface area contributed by atoms with Crippen LogP contribution >= 0.6 is 0 Å². The van der Waals surface area contributed by atoms with E-state index in [4.69, 9.17) is 4.79 Å². The Bertz CT molecular complexity index is 60.7. The van der Waals surface area contributed by atoms with Gasteiger partial charge in [0.25, 0.3) is 0 Å². The van der Waals surface area contributed by atoms with E-state index in [1.807, 2.05) is 0 Å². The molecule has 5 heteroatoms. The molecule has 0 atom stereocenters. The van der Waals surface area contributed by atoms with Gasteiger partial charge in [-0.05, 0) is 0 Å². The van der Waals surface area contributed by atoms with E-state index in [1.165, 1.54) is 0 Å². The standard InChI is InChI=1S/C2HF3O.FH/c3-1(4)2(5)6;/h1H;1H. The SMILES string of the molecule is F.O=C(F)C(F)F. The third-order valence-electron chi connectivity index (χ3n) is 0.172. The Morgan fingerprint density at radius 1 is 1.43 bits per heavy atom. The normalized spacial score (nSPS) is 8.00. The second-order valence-electron chi connectivity index (χ2n) is 0.605. The van der Waals surface area contributed by atoms with Crippen molar-refractivity contribution >= 4 is 6.04 Å². The van der Waals surface area contributed by atoms with Gasteiger partial charge in [0.15, 0.2) is 0 Å². The monoisotopic (exact) mass is 118 g/mol. The van der Waals surface area contributed by atoms with Crippen LogP contribution in [0, 0.1) is 0 Å². The first-order chi connectivity index (χ1) is 2.64.